The number of unbranched alkanes of at least 4 members (excludes halogenated alkanes) is 2. The number of carbonyl (C=O) groups excluding carboxylic acids is 5. The molecule has 0 aromatic rings. The number of hydrogen-bond acceptors (Lipinski definition) is 12. The zero-order valence-electron chi connectivity index (χ0n) is 30.8. The Kier molecular flexibility index (Phi) is 25.6. The van der Waals surface area contributed by atoms with Crippen LogP contribution in [0, 0.1) is 0 Å². The Morgan fingerprint density at radius 1 is 0.404 bits per heavy atom. The first kappa shape index (κ1) is 51.1. The van der Waals surface area contributed by atoms with E-state index in [1.54, 1.807) is 0 Å². The molecule has 0 aliphatic heterocycles. The summed E-state index contributed by atoms with van der Waals surface area (Å²) in [6.07, 6.45) is -1.71. The predicted molar refractivity (Wildman–Crippen MR) is 196 cm³/mol. The van der Waals surface area contributed by atoms with E-state index in [0.717, 1.165) is 0 Å². The molecule has 0 aliphatic carbocycles. The van der Waals surface area contributed by atoms with Gasteiger partial charge in [-0.05, 0) is 63.5 Å². The maximum absolute atomic E-state index is 12.9. The molecule has 322 valence electrons. The molecule has 0 aromatic carbocycles. The van der Waals surface area contributed by atoms with Gasteiger partial charge in [-0.3, -0.25) is 24.0 Å². The van der Waals surface area contributed by atoms with Crippen LogP contribution in [0.4, 0.5) is 9.59 Å². The zero-order chi connectivity index (χ0) is 43.5. The van der Waals surface area contributed by atoms with Crippen LogP contribution in [0.5, 0.6) is 0 Å². The smallest absolute Gasteiger partial charge is 0.326 e. The molecule has 57 heavy (non-hydrogen) atoms. The third-order valence-electron chi connectivity index (χ3n) is 7.82. The van der Waals surface area contributed by atoms with Crippen molar-refractivity contribution in [3.05, 3.63) is 0 Å². The zero-order valence-corrected chi connectivity index (χ0v) is 31.7. The van der Waals surface area contributed by atoms with Crippen LogP contribution in [0.2, 0.25) is 0 Å². The standard InChI is InChI=1S/C32H51N7O17S/c40-22(33-14-3-1-5-18(27(47)48)36-31(55)38-20(29(51)52)8-11-24(42)43)10-7-17(35-23(41)13-16-57)26(46)34-15-4-2-6-19(28(49)50)37-32(56)39-21(30(53)54)9-12-25(44)45/h17-21,57H,1-16H2,(H,33,40)(H,34,46)(H,35,41)(H,42,43)(H,44,45)(H,47,48)(H,49,50)(H,51,52)(H,53,54)(H2,36,38,55)(H2,37,39,56)/t17-,18+,19+,20-,21-/m0/s1. The van der Waals surface area contributed by atoms with Crippen molar-refractivity contribution in [3.63, 3.8) is 0 Å². The summed E-state index contributed by atoms with van der Waals surface area (Å²) >= 11 is 3.98. The summed E-state index contributed by atoms with van der Waals surface area (Å²) in [6.45, 7) is 0.0900. The first-order valence-corrected chi connectivity index (χ1v) is 18.3. The number of nitrogens with one attached hydrogen (secondary N) is 7. The van der Waals surface area contributed by atoms with Crippen LogP contribution < -0.4 is 37.2 Å². The Balaban J connectivity index is 4.87. The molecule has 0 bridgehead atoms. The van der Waals surface area contributed by atoms with Crippen molar-refractivity contribution in [2.75, 3.05) is 18.8 Å². The fourth-order valence-electron chi connectivity index (χ4n) is 4.79. The number of carboxylic acids is 6. The Morgan fingerprint density at radius 2 is 0.772 bits per heavy atom. The minimum Gasteiger partial charge on any atom is -0.481 e. The molecule has 0 radical (unpaired) electrons. The topological polar surface area (TPSA) is 393 Å². The number of hydrogen-bond donors (Lipinski definition) is 14. The van der Waals surface area contributed by atoms with Gasteiger partial charge < -0.3 is 67.9 Å². The van der Waals surface area contributed by atoms with Gasteiger partial charge in [0, 0.05) is 38.8 Å². The summed E-state index contributed by atoms with van der Waals surface area (Å²) < 4.78 is 0. The van der Waals surface area contributed by atoms with Gasteiger partial charge in [-0.2, -0.15) is 12.6 Å². The third-order valence-corrected chi connectivity index (χ3v) is 8.04. The maximum Gasteiger partial charge on any atom is 0.326 e. The highest BCUT2D eigenvalue weighted by atomic mass is 32.1. The molecule has 13 N–H and O–H groups in total. The molecule has 5 atom stereocenters. The highest BCUT2D eigenvalue weighted by molar-refractivity contribution is 7.80. The molecule has 7 amide bonds. The maximum atomic E-state index is 12.9. The number of rotatable bonds is 31. The summed E-state index contributed by atoms with van der Waals surface area (Å²) in [4.78, 5) is 129. The van der Waals surface area contributed by atoms with E-state index >= 15 is 0 Å². The number of thiol groups is 1. The highest BCUT2D eigenvalue weighted by Gasteiger charge is 2.27. The van der Waals surface area contributed by atoms with Crippen molar-refractivity contribution in [1.82, 2.24) is 37.2 Å². The molecule has 0 fully saturated rings. The van der Waals surface area contributed by atoms with E-state index in [4.69, 9.17) is 20.4 Å². The van der Waals surface area contributed by atoms with E-state index in [1.165, 1.54) is 0 Å². The fraction of sp³-hybridized carbons (Fsp3) is 0.656. The fourth-order valence-corrected chi connectivity index (χ4v) is 4.99. The van der Waals surface area contributed by atoms with Gasteiger partial charge in [0.25, 0.3) is 0 Å². The van der Waals surface area contributed by atoms with Gasteiger partial charge in [-0.1, -0.05) is 0 Å². The number of aliphatic carboxylic acids is 6. The molecule has 0 heterocycles. The SMILES string of the molecule is O=C(O)CC[C@H](NC(=O)N[C@H](CCCCNC(=O)CC[C@H](NC(=O)CCS)C(=O)NCCCC[C@@H](NC(=O)N[C@@H](CCC(=O)O)C(=O)O)C(=O)O)C(=O)O)C(=O)O. The molecule has 0 aliphatic rings. The van der Waals surface area contributed by atoms with Gasteiger partial charge >= 0.3 is 47.9 Å². The van der Waals surface area contributed by atoms with E-state index in [-0.39, 0.29) is 76.6 Å². The normalized spacial score (nSPS) is 13.2. The average Bonchev–Trinajstić information content (AvgIpc) is 3.11. The van der Waals surface area contributed by atoms with Gasteiger partial charge in [-0.15, -0.1) is 0 Å². The van der Waals surface area contributed by atoms with Gasteiger partial charge in [0.2, 0.25) is 17.7 Å². The van der Waals surface area contributed by atoms with Gasteiger partial charge in [0.15, 0.2) is 0 Å². The molecule has 0 saturated heterocycles. The van der Waals surface area contributed by atoms with Crippen molar-refractivity contribution in [2.45, 2.75) is 114 Å². The van der Waals surface area contributed by atoms with Gasteiger partial charge in [0.05, 0.1) is 0 Å². The lowest BCUT2D eigenvalue weighted by Crippen LogP contribution is -2.51. The second kappa shape index (κ2) is 28.5. The summed E-state index contributed by atoms with van der Waals surface area (Å²) in [5.74, 6) is -9.91. The van der Waals surface area contributed by atoms with Crippen LogP contribution in [-0.4, -0.2) is 145 Å². The molecule has 0 saturated carbocycles. The monoisotopic (exact) mass is 837 g/mol. The van der Waals surface area contributed by atoms with Crippen molar-refractivity contribution < 1.29 is 83.4 Å². The van der Waals surface area contributed by atoms with E-state index in [1.807, 2.05) is 10.6 Å². The Bertz CT molecular complexity index is 1430. The Labute approximate surface area is 331 Å². The van der Waals surface area contributed by atoms with Crippen LogP contribution >= 0.6 is 12.6 Å². The quantitative estimate of drug-likeness (QED) is 0.0273. The first-order valence-electron chi connectivity index (χ1n) is 17.7. The lowest BCUT2D eigenvalue weighted by molar-refractivity contribution is -0.142. The Morgan fingerprint density at radius 3 is 1.14 bits per heavy atom. The van der Waals surface area contributed by atoms with Crippen molar-refractivity contribution in [2.24, 2.45) is 0 Å². The van der Waals surface area contributed by atoms with E-state index in [2.05, 4.69) is 39.2 Å². The summed E-state index contributed by atoms with van der Waals surface area (Å²) in [6, 6.07) is -9.40. The Hall–Kier alpha value is -5.88. The highest BCUT2D eigenvalue weighted by Crippen LogP contribution is 2.06. The summed E-state index contributed by atoms with van der Waals surface area (Å²) in [5, 5.41) is 70.6. The number of carbonyl (C=O) groups is 11. The molecule has 25 heteroatoms. The molecule has 0 aromatic heterocycles. The van der Waals surface area contributed by atoms with Crippen molar-refractivity contribution in [3.8, 4) is 0 Å². The first-order chi connectivity index (χ1) is 26.8. The van der Waals surface area contributed by atoms with Crippen LogP contribution in [0.1, 0.15) is 83.5 Å². The average molecular weight is 838 g/mol. The van der Waals surface area contributed by atoms with Crippen LogP contribution in [-0.2, 0) is 43.2 Å². The van der Waals surface area contributed by atoms with Crippen molar-refractivity contribution >= 4 is 78.2 Å². The van der Waals surface area contributed by atoms with E-state index in [9.17, 15) is 63.0 Å². The largest absolute Gasteiger partial charge is 0.481 e. The lowest BCUT2D eigenvalue weighted by atomic mass is 10.1. The van der Waals surface area contributed by atoms with Crippen LogP contribution in [0.25, 0.3) is 0 Å². The van der Waals surface area contributed by atoms with Crippen LogP contribution in [0.15, 0.2) is 0 Å². The van der Waals surface area contributed by atoms with Crippen LogP contribution in [0.3, 0.4) is 0 Å². The van der Waals surface area contributed by atoms with Crippen molar-refractivity contribution in [1.29, 1.82) is 0 Å². The number of carboxylic acid groups (broad SMARTS) is 6. The molecule has 0 unspecified atom stereocenters. The summed E-state index contributed by atoms with van der Waals surface area (Å²) in [7, 11) is 0. The molecular weight excluding hydrogens is 786 g/mol. The predicted octanol–water partition coefficient (Wildman–Crippen LogP) is -1.71. The van der Waals surface area contributed by atoms with E-state index in [0.29, 0.717) is 0 Å². The number of amides is 7. The number of urea groups is 2. The van der Waals surface area contributed by atoms with Gasteiger partial charge in [0.1, 0.15) is 30.2 Å². The second-order valence-corrected chi connectivity index (χ2v) is 12.9. The minimum atomic E-state index is -1.57. The molecule has 0 spiro atoms. The lowest BCUT2D eigenvalue weighted by Gasteiger charge is -2.19. The van der Waals surface area contributed by atoms with E-state index < -0.39 is 121 Å². The third kappa shape index (κ3) is 25.0. The minimum absolute atomic E-state index is 0.0114. The molecule has 24 nitrogen and oxygen atoms in total. The molecule has 0 rings (SSSR count). The second-order valence-electron chi connectivity index (χ2n) is 12.4. The molecular formula is C32H51N7O17S. The van der Waals surface area contributed by atoms with Gasteiger partial charge in [-0.25, -0.2) is 28.8 Å². The summed E-state index contributed by atoms with van der Waals surface area (Å²) in [5.41, 5.74) is 0.